The summed E-state index contributed by atoms with van der Waals surface area (Å²) < 4.78 is 5.09. The van der Waals surface area contributed by atoms with Gasteiger partial charge in [0.25, 0.3) is 0 Å². The van der Waals surface area contributed by atoms with Crippen LogP contribution >= 0.6 is 0 Å². The van der Waals surface area contributed by atoms with E-state index in [1.807, 2.05) is 48.6 Å². The molecule has 5 heteroatoms. The standard InChI is InChI=1S/C17H14N2O3/c20-17(21)11-22-13-8-5-12(6-9-13)7-10-16-14-3-1-2-4-15(14)18-19-16/h1-10H,11H2,(H,18,19)(H,20,21)/b10-7+. The van der Waals surface area contributed by atoms with E-state index in [0.717, 1.165) is 22.2 Å². The summed E-state index contributed by atoms with van der Waals surface area (Å²) in [6.45, 7) is -0.339. The van der Waals surface area contributed by atoms with Crippen LogP contribution in [0.3, 0.4) is 0 Å². The fourth-order valence-electron chi connectivity index (χ4n) is 2.11. The molecule has 22 heavy (non-hydrogen) atoms. The smallest absolute Gasteiger partial charge is 0.341 e. The second-order valence-electron chi connectivity index (χ2n) is 4.74. The van der Waals surface area contributed by atoms with Crippen molar-refractivity contribution < 1.29 is 14.6 Å². The zero-order valence-corrected chi connectivity index (χ0v) is 11.7. The Morgan fingerprint density at radius 1 is 1.14 bits per heavy atom. The van der Waals surface area contributed by atoms with Gasteiger partial charge in [-0.2, -0.15) is 5.10 Å². The monoisotopic (exact) mass is 294 g/mol. The second kappa shape index (κ2) is 6.13. The van der Waals surface area contributed by atoms with Gasteiger partial charge in [0.15, 0.2) is 6.61 Å². The van der Waals surface area contributed by atoms with Crippen LogP contribution in [0.2, 0.25) is 0 Å². The van der Waals surface area contributed by atoms with E-state index < -0.39 is 5.97 Å². The van der Waals surface area contributed by atoms with Gasteiger partial charge in [0.1, 0.15) is 5.75 Å². The number of carboxylic acid groups (broad SMARTS) is 1. The number of rotatable bonds is 5. The van der Waals surface area contributed by atoms with Crippen molar-refractivity contribution in [3.63, 3.8) is 0 Å². The minimum absolute atomic E-state index is 0.339. The van der Waals surface area contributed by atoms with Crippen LogP contribution in [-0.4, -0.2) is 27.9 Å². The number of aromatic nitrogens is 2. The lowest BCUT2D eigenvalue weighted by Crippen LogP contribution is -2.09. The highest BCUT2D eigenvalue weighted by atomic mass is 16.5. The van der Waals surface area contributed by atoms with E-state index in [1.165, 1.54) is 0 Å². The number of ether oxygens (including phenoxy) is 1. The van der Waals surface area contributed by atoms with Crippen molar-refractivity contribution in [2.45, 2.75) is 0 Å². The highest BCUT2D eigenvalue weighted by Gasteiger charge is 2.01. The van der Waals surface area contributed by atoms with Crippen LogP contribution in [0.15, 0.2) is 48.5 Å². The average molecular weight is 294 g/mol. The van der Waals surface area contributed by atoms with Crippen LogP contribution in [0.4, 0.5) is 0 Å². The molecule has 3 aromatic rings. The molecule has 0 bridgehead atoms. The molecule has 0 radical (unpaired) electrons. The Hall–Kier alpha value is -3.08. The zero-order valence-electron chi connectivity index (χ0n) is 11.7. The quantitative estimate of drug-likeness (QED) is 0.757. The van der Waals surface area contributed by atoms with Gasteiger partial charge in [-0.3, -0.25) is 5.10 Å². The molecule has 0 saturated carbocycles. The molecule has 2 aromatic carbocycles. The summed E-state index contributed by atoms with van der Waals surface area (Å²) in [4.78, 5) is 10.4. The highest BCUT2D eigenvalue weighted by Crippen LogP contribution is 2.18. The number of nitrogens with zero attached hydrogens (tertiary/aromatic N) is 1. The van der Waals surface area contributed by atoms with Crippen molar-refractivity contribution in [2.24, 2.45) is 0 Å². The molecule has 0 atom stereocenters. The minimum Gasteiger partial charge on any atom is -0.482 e. The molecule has 0 spiro atoms. The van der Waals surface area contributed by atoms with Crippen molar-refractivity contribution >= 4 is 29.0 Å². The number of aliphatic carboxylic acids is 1. The summed E-state index contributed by atoms with van der Waals surface area (Å²) in [7, 11) is 0. The van der Waals surface area contributed by atoms with Crippen molar-refractivity contribution in [2.75, 3.05) is 6.61 Å². The second-order valence-corrected chi connectivity index (χ2v) is 4.74. The first-order valence-electron chi connectivity index (χ1n) is 6.78. The number of carboxylic acids is 1. The zero-order chi connectivity index (χ0) is 15.4. The maximum Gasteiger partial charge on any atom is 0.341 e. The molecule has 1 heterocycles. The topological polar surface area (TPSA) is 75.2 Å². The fraction of sp³-hybridized carbons (Fsp3) is 0.0588. The third-order valence-corrected chi connectivity index (χ3v) is 3.18. The van der Waals surface area contributed by atoms with Crippen LogP contribution in [-0.2, 0) is 4.79 Å². The van der Waals surface area contributed by atoms with Crippen molar-refractivity contribution in [1.29, 1.82) is 0 Å². The molecule has 0 aliphatic carbocycles. The molecule has 3 rings (SSSR count). The number of para-hydroxylation sites is 1. The highest BCUT2D eigenvalue weighted by molar-refractivity contribution is 5.89. The maximum absolute atomic E-state index is 10.4. The largest absolute Gasteiger partial charge is 0.482 e. The third kappa shape index (κ3) is 3.15. The van der Waals surface area contributed by atoms with Crippen LogP contribution in [0.25, 0.3) is 23.1 Å². The van der Waals surface area contributed by atoms with E-state index >= 15 is 0 Å². The summed E-state index contributed by atoms with van der Waals surface area (Å²) >= 11 is 0. The van der Waals surface area contributed by atoms with Crippen molar-refractivity contribution in [3.05, 3.63) is 59.8 Å². The average Bonchev–Trinajstić information content (AvgIpc) is 2.95. The number of carbonyl (C=O) groups is 1. The van der Waals surface area contributed by atoms with Gasteiger partial charge in [-0.1, -0.05) is 36.4 Å². The molecule has 0 aliphatic rings. The Morgan fingerprint density at radius 2 is 1.91 bits per heavy atom. The molecule has 0 amide bonds. The number of nitrogens with one attached hydrogen (secondary N) is 1. The van der Waals surface area contributed by atoms with E-state index in [4.69, 9.17) is 9.84 Å². The molecule has 5 nitrogen and oxygen atoms in total. The molecule has 0 aliphatic heterocycles. The van der Waals surface area contributed by atoms with Crippen molar-refractivity contribution in [1.82, 2.24) is 10.2 Å². The molecule has 1 aromatic heterocycles. The third-order valence-electron chi connectivity index (χ3n) is 3.18. The molecule has 0 unspecified atom stereocenters. The molecule has 110 valence electrons. The first kappa shape index (κ1) is 13.9. The van der Waals surface area contributed by atoms with Gasteiger partial charge in [0.2, 0.25) is 0 Å². The van der Waals surface area contributed by atoms with E-state index in [9.17, 15) is 4.79 Å². The lowest BCUT2D eigenvalue weighted by Gasteiger charge is -2.02. The lowest BCUT2D eigenvalue weighted by molar-refractivity contribution is -0.139. The number of hydrogen-bond donors (Lipinski definition) is 2. The Morgan fingerprint density at radius 3 is 2.68 bits per heavy atom. The molecule has 0 fully saturated rings. The van der Waals surface area contributed by atoms with Gasteiger partial charge in [-0.25, -0.2) is 4.79 Å². The molecular weight excluding hydrogens is 280 g/mol. The number of benzene rings is 2. The molecule has 2 N–H and O–H groups in total. The number of H-pyrrole nitrogens is 1. The van der Waals surface area contributed by atoms with Gasteiger partial charge in [0, 0.05) is 5.39 Å². The predicted molar refractivity (Wildman–Crippen MR) is 84.6 cm³/mol. The minimum atomic E-state index is -0.991. The lowest BCUT2D eigenvalue weighted by atomic mass is 10.1. The fourth-order valence-corrected chi connectivity index (χ4v) is 2.11. The summed E-state index contributed by atoms with van der Waals surface area (Å²) in [6, 6.07) is 15.1. The van der Waals surface area contributed by atoms with Crippen molar-refractivity contribution in [3.8, 4) is 5.75 Å². The van der Waals surface area contributed by atoms with E-state index in [0.29, 0.717) is 5.75 Å². The Kier molecular flexibility index (Phi) is 3.87. The summed E-state index contributed by atoms with van der Waals surface area (Å²) in [5, 5.41) is 16.9. The van der Waals surface area contributed by atoms with Crippen LogP contribution in [0, 0.1) is 0 Å². The van der Waals surface area contributed by atoms with E-state index in [1.54, 1.807) is 12.1 Å². The van der Waals surface area contributed by atoms with E-state index in [2.05, 4.69) is 10.2 Å². The summed E-state index contributed by atoms with van der Waals surface area (Å²) in [6.07, 6.45) is 3.88. The van der Waals surface area contributed by atoms with E-state index in [-0.39, 0.29) is 6.61 Å². The van der Waals surface area contributed by atoms with Crippen LogP contribution < -0.4 is 4.74 Å². The van der Waals surface area contributed by atoms with Gasteiger partial charge in [-0.05, 0) is 29.8 Å². The van der Waals surface area contributed by atoms with Crippen LogP contribution in [0.1, 0.15) is 11.3 Å². The predicted octanol–water partition coefficient (Wildman–Crippen LogP) is 3.20. The Balaban J connectivity index is 1.74. The SMILES string of the molecule is O=C(O)COc1ccc(/C=C/c2n[nH]c3ccccc23)cc1. The Bertz CT molecular complexity index is 819. The van der Waals surface area contributed by atoms with Gasteiger partial charge in [0.05, 0.1) is 11.2 Å². The number of fused-ring (bicyclic) bond motifs is 1. The molecule has 0 saturated heterocycles. The summed E-state index contributed by atoms with van der Waals surface area (Å²) in [5.74, 6) is -0.459. The van der Waals surface area contributed by atoms with Crippen LogP contribution in [0.5, 0.6) is 5.75 Å². The van der Waals surface area contributed by atoms with Gasteiger partial charge in [-0.15, -0.1) is 0 Å². The van der Waals surface area contributed by atoms with Gasteiger partial charge >= 0.3 is 5.97 Å². The normalized spacial score (nSPS) is 11.1. The number of aromatic amines is 1. The number of hydrogen-bond acceptors (Lipinski definition) is 3. The molecular formula is C17H14N2O3. The maximum atomic E-state index is 10.4. The Labute approximate surface area is 126 Å². The first-order chi connectivity index (χ1) is 10.7. The first-order valence-corrected chi connectivity index (χ1v) is 6.78. The van der Waals surface area contributed by atoms with Gasteiger partial charge < -0.3 is 9.84 Å². The summed E-state index contributed by atoms with van der Waals surface area (Å²) in [5.41, 5.74) is 2.86.